The summed E-state index contributed by atoms with van der Waals surface area (Å²) in [6, 6.07) is 8.99. The van der Waals surface area contributed by atoms with Crippen molar-refractivity contribution in [1.29, 1.82) is 0 Å². The lowest BCUT2D eigenvalue weighted by Gasteiger charge is -2.13. The molecule has 0 atom stereocenters. The second-order valence-electron chi connectivity index (χ2n) is 6.24. The summed E-state index contributed by atoms with van der Waals surface area (Å²) in [5, 5.41) is 0.356. The monoisotopic (exact) mass is 587 g/mol. The third-order valence-corrected chi connectivity index (χ3v) is 6.42. The van der Waals surface area contributed by atoms with E-state index in [-0.39, 0.29) is 11.6 Å². The molecule has 3 rings (SSSR count). The Labute approximate surface area is 195 Å². The van der Waals surface area contributed by atoms with Gasteiger partial charge < -0.3 is 14.2 Å². The van der Waals surface area contributed by atoms with Crippen LogP contribution in [-0.4, -0.2) is 25.6 Å². The Balaban J connectivity index is 1.93. The number of rotatable bonds is 6. The number of hydrogen-bond acceptors (Lipinski definition) is 5. The Morgan fingerprint density at radius 3 is 2.79 bits per heavy atom. The Hall–Kier alpha value is -1.84. The summed E-state index contributed by atoms with van der Waals surface area (Å²) in [5.41, 5.74) is 2.36. The van der Waals surface area contributed by atoms with E-state index in [4.69, 9.17) is 25.8 Å². The maximum absolute atomic E-state index is 12.3. The van der Waals surface area contributed by atoms with Crippen molar-refractivity contribution in [2.24, 2.45) is 4.99 Å². The first-order valence-corrected chi connectivity index (χ1v) is 10.7. The van der Waals surface area contributed by atoms with Gasteiger partial charge in [-0.25, -0.2) is 9.79 Å². The number of ether oxygens (including phenoxy) is 3. The Kier molecular flexibility index (Phi) is 7.02. The first kappa shape index (κ1) is 21.9. The van der Waals surface area contributed by atoms with Crippen LogP contribution in [0.15, 0.2) is 57.6 Å². The van der Waals surface area contributed by atoms with Gasteiger partial charge in [0.15, 0.2) is 17.2 Å². The molecule has 0 saturated carbocycles. The predicted octanol–water partition coefficient (Wildman–Crippen LogP) is 6.02. The van der Waals surface area contributed by atoms with E-state index in [1.165, 1.54) is 7.11 Å². The minimum Gasteiger partial charge on any atom is -0.493 e. The molecule has 1 aliphatic rings. The standard InChI is InChI=1S/C21H16BrClINO4/c1-11(2)10-28-19-15(23)6-12(8-18(19)27-3)7-17-21(26)29-20(25-17)13-4-5-16(24)14(22)9-13/h4-9H,1,10H2,2-3H3/b17-7-. The van der Waals surface area contributed by atoms with E-state index >= 15 is 0 Å². The molecular weight excluding hydrogens is 572 g/mol. The van der Waals surface area contributed by atoms with Crippen LogP contribution < -0.4 is 9.47 Å². The van der Waals surface area contributed by atoms with E-state index in [2.05, 4.69) is 50.1 Å². The maximum atomic E-state index is 12.3. The number of hydrogen-bond donors (Lipinski definition) is 0. The largest absolute Gasteiger partial charge is 0.493 e. The van der Waals surface area contributed by atoms with Crippen LogP contribution in [0.1, 0.15) is 18.1 Å². The number of cyclic esters (lactones) is 1. The van der Waals surface area contributed by atoms with Crippen LogP contribution in [0.2, 0.25) is 5.02 Å². The highest BCUT2D eigenvalue weighted by molar-refractivity contribution is 14.1. The number of aliphatic imine (C=N–C) groups is 1. The number of carbonyl (C=O) groups excluding carboxylic acids is 1. The quantitative estimate of drug-likeness (QED) is 0.179. The number of carbonyl (C=O) groups is 1. The van der Waals surface area contributed by atoms with Gasteiger partial charge in [0.25, 0.3) is 0 Å². The highest BCUT2D eigenvalue weighted by Crippen LogP contribution is 2.37. The smallest absolute Gasteiger partial charge is 0.363 e. The van der Waals surface area contributed by atoms with E-state index in [1.807, 2.05) is 25.1 Å². The molecule has 0 saturated heterocycles. The zero-order valence-corrected chi connectivity index (χ0v) is 20.1. The summed E-state index contributed by atoms with van der Waals surface area (Å²) in [6.07, 6.45) is 1.59. The summed E-state index contributed by atoms with van der Waals surface area (Å²) in [5.74, 6) is 0.578. The van der Waals surface area contributed by atoms with Gasteiger partial charge in [0.1, 0.15) is 6.61 Å². The zero-order valence-electron chi connectivity index (χ0n) is 15.6. The number of nitrogens with zero attached hydrogens (tertiary/aromatic N) is 1. The molecule has 2 aromatic carbocycles. The van der Waals surface area contributed by atoms with Crippen molar-refractivity contribution in [3.05, 3.63) is 72.4 Å². The molecule has 1 aliphatic heterocycles. The van der Waals surface area contributed by atoms with Gasteiger partial charge in [-0.2, -0.15) is 0 Å². The van der Waals surface area contributed by atoms with E-state index in [0.717, 1.165) is 13.6 Å². The van der Waals surface area contributed by atoms with Crippen molar-refractivity contribution in [3.63, 3.8) is 0 Å². The first-order chi connectivity index (χ1) is 13.8. The average molecular weight is 589 g/mol. The molecule has 0 radical (unpaired) electrons. The van der Waals surface area contributed by atoms with Crippen LogP contribution in [0.3, 0.4) is 0 Å². The third kappa shape index (κ3) is 5.21. The molecule has 29 heavy (non-hydrogen) atoms. The van der Waals surface area contributed by atoms with Gasteiger partial charge in [-0.05, 0) is 93.0 Å². The Morgan fingerprint density at radius 2 is 2.14 bits per heavy atom. The fourth-order valence-corrected chi connectivity index (χ4v) is 3.47. The number of esters is 1. The number of methoxy groups -OCH3 is 1. The van der Waals surface area contributed by atoms with E-state index in [0.29, 0.717) is 34.3 Å². The molecular formula is C21H16BrClINO4. The van der Waals surface area contributed by atoms with Gasteiger partial charge in [0, 0.05) is 13.6 Å². The zero-order chi connectivity index (χ0) is 21.1. The minimum atomic E-state index is -0.535. The lowest BCUT2D eigenvalue weighted by molar-refractivity contribution is -0.129. The summed E-state index contributed by atoms with van der Waals surface area (Å²) >= 11 is 12.0. The Bertz CT molecular complexity index is 1060. The van der Waals surface area contributed by atoms with Gasteiger partial charge in [-0.3, -0.25) is 0 Å². The van der Waals surface area contributed by atoms with Crippen molar-refractivity contribution in [3.8, 4) is 11.5 Å². The number of halogens is 3. The topological polar surface area (TPSA) is 57.1 Å². The second-order valence-corrected chi connectivity index (χ2v) is 8.67. The van der Waals surface area contributed by atoms with Crippen molar-refractivity contribution < 1.29 is 19.0 Å². The fourth-order valence-electron chi connectivity index (χ4n) is 2.48. The van der Waals surface area contributed by atoms with Gasteiger partial charge >= 0.3 is 5.97 Å². The number of benzene rings is 2. The molecule has 2 aromatic rings. The second kappa shape index (κ2) is 9.32. The molecule has 0 spiro atoms. The van der Waals surface area contributed by atoms with Crippen LogP contribution in [0.4, 0.5) is 0 Å². The van der Waals surface area contributed by atoms with Crippen LogP contribution in [0.5, 0.6) is 11.5 Å². The van der Waals surface area contributed by atoms with Crippen molar-refractivity contribution >= 4 is 68.1 Å². The normalized spacial score (nSPS) is 14.6. The summed E-state index contributed by atoms with van der Waals surface area (Å²) in [7, 11) is 1.52. The van der Waals surface area contributed by atoms with Gasteiger partial charge in [0.05, 0.1) is 12.1 Å². The SMILES string of the molecule is C=C(C)COc1c(Cl)cc(/C=C2\N=C(c3ccc(I)c(Br)c3)OC2=O)cc1OC. The van der Waals surface area contributed by atoms with Crippen LogP contribution in [-0.2, 0) is 9.53 Å². The molecule has 0 aromatic heterocycles. The predicted molar refractivity (Wildman–Crippen MR) is 126 cm³/mol. The van der Waals surface area contributed by atoms with Crippen LogP contribution in [0.25, 0.3) is 6.08 Å². The molecule has 0 aliphatic carbocycles. The lowest BCUT2D eigenvalue weighted by atomic mass is 10.1. The van der Waals surface area contributed by atoms with E-state index < -0.39 is 5.97 Å². The maximum Gasteiger partial charge on any atom is 0.363 e. The molecule has 150 valence electrons. The fraction of sp³-hybridized carbons (Fsp3) is 0.143. The molecule has 0 N–H and O–H groups in total. The van der Waals surface area contributed by atoms with Crippen molar-refractivity contribution in [2.75, 3.05) is 13.7 Å². The average Bonchev–Trinajstić information content (AvgIpc) is 3.03. The highest BCUT2D eigenvalue weighted by Gasteiger charge is 2.25. The van der Waals surface area contributed by atoms with Gasteiger partial charge in [-0.15, -0.1) is 0 Å². The summed E-state index contributed by atoms with van der Waals surface area (Å²) in [6.45, 7) is 5.98. The molecule has 5 nitrogen and oxygen atoms in total. The molecule has 0 amide bonds. The van der Waals surface area contributed by atoms with Crippen molar-refractivity contribution in [2.45, 2.75) is 6.92 Å². The lowest BCUT2D eigenvalue weighted by Crippen LogP contribution is -2.05. The summed E-state index contributed by atoms with van der Waals surface area (Å²) < 4.78 is 18.3. The van der Waals surface area contributed by atoms with Crippen molar-refractivity contribution in [1.82, 2.24) is 0 Å². The third-order valence-electron chi connectivity index (χ3n) is 3.81. The van der Waals surface area contributed by atoms with Crippen LogP contribution in [0, 0.1) is 3.57 Å². The molecule has 0 bridgehead atoms. The summed E-state index contributed by atoms with van der Waals surface area (Å²) in [4.78, 5) is 16.6. The minimum absolute atomic E-state index is 0.170. The molecule has 8 heteroatoms. The molecule has 0 fully saturated rings. The van der Waals surface area contributed by atoms with Gasteiger partial charge in [0.2, 0.25) is 5.90 Å². The van der Waals surface area contributed by atoms with Gasteiger partial charge in [-0.1, -0.05) is 18.2 Å². The van der Waals surface area contributed by atoms with E-state index in [1.54, 1.807) is 18.2 Å². The molecule has 0 unspecified atom stereocenters. The Morgan fingerprint density at radius 1 is 1.38 bits per heavy atom. The highest BCUT2D eigenvalue weighted by atomic mass is 127. The first-order valence-electron chi connectivity index (χ1n) is 8.41. The van der Waals surface area contributed by atoms with E-state index in [9.17, 15) is 4.79 Å². The van der Waals surface area contributed by atoms with Crippen LogP contribution >= 0.6 is 50.1 Å². The molecule has 1 heterocycles.